The van der Waals surface area contributed by atoms with Gasteiger partial charge in [-0.05, 0) is 25.7 Å². The maximum atomic E-state index is 11.3. The van der Waals surface area contributed by atoms with Crippen molar-refractivity contribution in [2.24, 2.45) is 5.92 Å². The highest BCUT2D eigenvalue weighted by atomic mass is 16.7. The lowest BCUT2D eigenvalue weighted by Crippen LogP contribution is -2.35. The summed E-state index contributed by atoms with van der Waals surface area (Å²) in [5.41, 5.74) is 0. The Bertz CT molecular complexity index is 236. The molecule has 0 amide bonds. The third-order valence-corrected chi connectivity index (χ3v) is 3.44. The standard InChI is InChI=1S/C12H20O4.C2H6/c1-2-14-11(13)9-10-3-5-12(6-4-10)15-7-8-16-12;1-2/h10H,2-9H2,1H3;1-2H3. The summed E-state index contributed by atoms with van der Waals surface area (Å²) in [5, 5.41) is 0. The van der Waals surface area contributed by atoms with Gasteiger partial charge in [-0.1, -0.05) is 13.8 Å². The molecule has 0 radical (unpaired) electrons. The minimum absolute atomic E-state index is 0.0725. The molecule has 4 nitrogen and oxygen atoms in total. The molecule has 1 saturated carbocycles. The highest BCUT2D eigenvalue weighted by molar-refractivity contribution is 5.69. The molecular formula is C14H26O4. The van der Waals surface area contributed by atoms with Crippen molar-refractivity contribution >= 4 is 5.97 Å². The lowest BCUT2D eigenvalue weighted by Gasteiger charge is -2.34. The monoisotopic (exact) mass is 258 g/mol. The molecule has 18 heavy (non-hydrogen) atoms. The van der Waals surface area contributed by atoms with E-state index in [1.807, 2.05) is 20.8 Å². The number of ether oxygens (including phenoxy) is 3. The molecule has 0 bridgehead atoms. The first-order chi connectivity index (χ1) is 8.74. The molecule has 1 spiro atoms. The Kier molecular flexibility index (Phi) is 6.65. The topological polar surface area (TPSA) is 44.8 Å². The van der Waals surface area contributed by atoms with E-state index in [0.29, 0.717) is 32.2 Å². The van der Waals surface area contributed by atoms with Gasteiger partial charge in [-0.15, -0.1) is 0 Å². The average Bonchev–Trinajstić information content (AvgIpc) is 2.84. The Labute approximate surface area is 110 Å². The fourth-order valence-electron chi connectivity index (χ4n) is 2.56. The first kappa shape index (κ1) is 15.4. The summed E-state index contributed by atoms with van der Waals surface area (Å²) < 4.78 is 16.2. The molecule has 2 fully saturated rings. The van der Waals surface area contributed by atoms with Gasteiger partial charge in [-0.25, -0.2) is 0 Å². The molecule has 1 aliphatic carbocycles. The molecule has 0 aromatic heterocycles. The molecule has 2 aliphatic rings. The second kappa shape index (κ2) is 7.74. The van der Waals surface area contributed by atoms with Crippen LogP contribution in [0.25, 0.3) is 0 Å². The van der Waals surface area contributed by atoms with E-state index in [1.165, 1.54) is 0 Å². The number of esters is 1. The number of rotatable bonds is 3. The summed E-state index contributed by atoms with van der Waals surface area (Å²) in [6.07, 6.45) is 4.37. The van der Waals surface area contributed by atoms with Gasteiger partial charge in [-0.2, -0.15) is 0 Å². The van der Waals surface area contributed by atoms with Crippen molar-refractivity contribution < 1.29 is 19.0 Å². The first-order valence-corrected chi connectivity index (χ1v) is 7.18. The van der Waals surface area contributed by atoms with Crippen LogP contribution < -0.4 is 0 Å². The van der Waals surface area contributed by atoms with Crippen LogP contribution >= 0.6 is 0 Å². The zero-order valence-corrected chi connectivity index (χ0v) is 11.9. The Morgan fingerprint density at radius 2 is 1.78 bits per heavy atom. The molecule has 0 aromatic rings. The highest BCUT2D eigenvalue weighted by Crippen LogP contribution is 2.39. The molecule has 0 atom stereocenters. The normalized spacial score (nSPS) is 22.4. The van der Waals surface area contributed by atoms with Crippen LogP contribution in [0, 0.1) is 5.92 Å². The van der Waals surface area contributed by atoms with Gasteiger partial charge in [0.1, 0.15) is 0 Å². The van der Waals surface area contributed by atoms with E-state index in [4.69, 9.17) is 14.2 Å². The van der Waals surface area contributed by atoms with E-state index in [9.17, 15) is 4.79 Å². The summed E-state index contributed by atoms with van der Waals surface area (Å²) in [4.78, 5) is 11.3. The van der Waals surface area contributed by atoms with Crippen LogP contribution in [0.4, 0.5) is 0 Å². The van der Waals surface area contributed by atoms with Gasteiger partial charge in [-0.3, -0.25) is 4.79 Å². The predicted octanol–water partition coefficient (Wildman–Crippen LogP) is 2.90. The van der Waals surface area contributed by atoms with Gasteiger partial charge in [0.2, 0.25) is 0 Å². The number of hydrogen-bond acceptors (Lipinski definition) is 4. The second-order valence-corrected chi connectivity index (χ2v) is 4.56. The summed E-state index contributed by atoms with van der Waals surface area (Å²) in [7, 11) is 0. The van der Waals surface area contributed by atoms with Crippen LogP contribution in [0.15, 0.2) is 0 Å². The molecule has 0 aromatic carbocycles. The van der Waals surface area contributed by atoms with Gasteiger partial charge in [0.15, 0.2) is 5.79 Å². The average molecular weight is 258 g/mol. The molecule has 106 valence electrons. The zero-order valence-electron chi connectivity index (χ0n) is 11.9. The third-order valence-electron chi connectivity index (χ3n) is 3.44. The minimum atomic E-state index is -0.314. The summed E-state index contributed by atoms with van der Waals surface area (Å²) >= 11 is 0. The molecule has 1 saturated heterocycles. The molecule has 0 N–H and O–H groups in total. The van der Waals surface area contributed by atoms with Crippen LogP contribution in [0.3, 0.4) is 0 Å². The van der Waals surface area contributed by atoms with E-state index in [2.05, 4.69) is 0 Å². The maximum Gasteiger partial charge on any atom is 0.306 e. The summed E-state index contributed by atoms with van der Waals surface area (Å²) in [6.45, 7) is 7.74. The van der Waals surface area contributed by atoms with Crippen LogP contribution in [0.5, 0.6) is 0 Å². The summed E-state index contributed by atoms with van der Waals surface area (Å²) in [5.74, 6) is 0.0553. The van der Waals surface area contributed by atoms with Gasteiger partial charge >= 0.3 is 5.97 Å². The molecule has 0 unspecified atom stereocenters. The van der Waals surface area contributed by atoms with Gasteiger partial charge in [0.05, 0.1) is 19.8 Å². The molecular weight excluding hydrogens is 232 g/mol. The number of carbonyl (C=O) groups is 1. The van der Waals surface area contributed by atoms with Crippen molar-refractivity contribution in [3.63, 3.8) is 0 Å². The van der Waals surface area contributed by atoms with Crippen molar-refractivity contribution in [3.05, 3.63) is 0 Å². The maximum absolute atomic E-state index is 11.3. The van der Waals surface area contributed by atoms with Crippen LogP contribution in [0.2, 0.25) is 0 Å². The second-order valence-electron chi connectivity index (χ2n) is 4.56. The summed E-state index contributed by atoms with van der Waals surface area (Å²) in [6, 6.07) is 0. The van der Waals surface area contributed by atoms with Gasteiger partial charge in [0.25, 0.3) is 0 Å². The van der Waals surface area contributed by atoms with E-state index in [0.717, 1.165) is 25.7 Å². The van der Waals surface area contributed by atoms with Crippen molar-refractivity contribution in [1.29, 1.82) is 0 Å². The fourth-order valence-corrected chi connectivity index (χ4v) is 2.56. The molecule has 1 aliphatic heterocycles. The van der Waals surface area contributed by atoms with Gasteiger partial charge < -0.3 is 14.2 Å². The fraction of sp³-hybridized carbons (Fsp3) is 0.929. The predicted molar refractivity (Wildman–Crippen MR) is 69.2 cm³/mol. The van der Waals surface area contributed by atoms with E-state index < -0.39 is 0 Å². The van der Waals surface area contributed by atoms with Crippen molar-refractivity contribution in [1.82, 2.24) is 0 Å². The third kappa shape index (κ3) is 4.25. The van der Waals surface area contributed by atoms with E-state index >= 15 is 0 Å². The zero-order chi connectivity index (χ0) is 13.4. The Morgan fingerprint density at radius 3 is 2.28 bits per heavy atom. The number of carbonyl (C=O) groups excluding carboxylic acids is 1. The molecule has 2 rings (SSSR count). The van der Waals surface area contributed by atoms with E-state index in [-0.39, 0.29) is 11.8 Å². The first-order valence-electron chi connectivity index (χ1n) is 7.18. The van der Waals surface area contributed by atoms with E-state index in [1.54, 1.807) is 0 Å². The SMILES string of the molecule is CC.CCOC(=O)CC1CCC2(CC1)OCCO2. The Hall–Kier alpha value is -0.610. The minimum Gasteiger partial charge on any atom is -0.466 e. The van der Waals surface area contributed by atoms with Crippen molar-refractivity contribution in [2.45, 2.75) is 58.7 Å². The molecule has 1 heterocycles. The largest absolute Gasteiger partial charge is 0.466 e. The lowest BCUT2D eigenvalue weighted by atomic mass is 9.83. The van der Waals surface area contributed by atoms with Crippen LogP contribution in [0.1, 0.15) is 52.9 Å². The van der Waals surface area contributed by atoms with Crippen LogP contribution in [-0.4, -0.2) is 31.6 Å². The lowest BCUT2D eigenvalue weighted by molar-refractivity contribution is -0.184. The van der Waals surface area contributed by atoms with Crippen LogP contribution in [-0.2, 0) is 19.0 Å². The highest BCUT2D eigenvalue weighted by Gasteiger charge is 2.40. The molecule has 4 heteroatoms. The Morgan fingerprint density at radius 1 is 1.22 bits per heavy atom. The number of hydrogen-bond donors (Lipinski definition) is 0. The van der Waals surface area contributed by atoms with Crippen molar-refractivity contribution in [3.8, 4) is 0 Å². The van der Waals surface area contributed by atoms with Crippen molar-refractivity contribution in [2.75, 3.05) is 19.8 Å². The van der Waals surface area contributed by atoms with Gasteiger partial charge in [0, 0.05) is 19.3 Å². The smallest absolute Gasteiger partial charge is 0.306 e. The Balaban J connectivity index is 0.000000771. The quantitative estimate of drug-likeness (QED) is 0.730.